The molecule has 7 heteroatoms. The minimum atomic E-state index is 0.338. The Balaban J connectivity index is 1.49. The van der Waals surface area contributed by atoms with Gasteiger partial charge in [-0.1, -0.05) is 6.07 Å². The summed E-state index contributed by atoms with van der Waals surface area (Å²) < 4.78 is 3.91. The molecular weight excluding hydrogens is 326 g/mol. The first-order chi connectivity index (χ1) is 12.7. The molecule has 0 saturated carbocycles. The Morgan fingerprint density at radius 2 is 1.96 bits per heavy atom. The fourth-order valence-corrected chi connectivity index (χ4v) is 3.26. The van der Waals surface area contributed by atoms with Crippen LogP contribution in [-0.2, 0) is 0 Å². The Morgan fingerprint density at radius 3 is 2.85 bits per heavy atom. The second-order valence-corrected chi connectivity index (χ2v) is 6.67. The maximum Gasteiger partial charge on any atom is 0.160 e. The summed E-state index contributed by atoms with van der Waals surface area (Å²) in [6.45, 7) is 4.85. The van der Waals surface area contributed by atoms with Crippen LogP contribution in [-0.4, -0.2) is 42.5 Å². The van der Waals surface area contributed by atoms with Gasteiger partial charge >= 0.3 is 0 Å². The first-order valence-corrected chi connectivity index (χ1v) is 8.58. The van der Waals surface area contributed by atoms with Gasteiger partial charge in [0.25, 0.3) is 0 Å². The molecule has 0 saturated heterocycles. The summed E-state index contributed by atoms with van der Waals surface area (Å²) in [6, 6.07) is 10.6. The summed E-state index contributed by atoms with van der Waals surface area (Å²) in [6.07, 6.45) is 5.55. The molecule has 0 atom stereocenters. The molecule has 1 aliphatic rings. The van der Waals surface area contributed by atoms with Crippen molar-refractivity contribution >= 4 is 28.1 Å². The van der Waals surface area contributed by atoms with E-state index in [0.717, 1.165) is 39.2 Å². The van der Waals surface area contributed by atoms with Crippen LogP contribution in [0.3, 0.4) is 0 Å². The molecule has 5 rings (SSSR count). The molecule has 128 valence electrons. The molecule has 0 bridgehead atoms. The van der Waals surface area contributed by atoms with Crippen LogP contribution < -0.4 is 0 Å². The predicted octanol–water partition coefficient (Wildman–Crippen LogP) is 2.91. The molecule has 7 nitrogen and oxygen atoms in total. The van der Waals surface area contributed by atoms with Crippen molar-refractivity contribution in [1.82, 2.24) is 24.4 Å². The number of hydrogen-bond donors (Lipinski definition) is 0. The highest BCUT2D eigenvalue weighted by molar-refractivity contribution is 6.17. The maximum atomic E-state index is 4.75. The third kappa shape index (κ3) is 2.32. The number of amidine groups is 1. The molecule has 0 aliphatic carbocycles. The van der Waals surface area contributed by atoms with Crippen molar-refractivity contribution < 1.29 is 0 Å². The molecule has 4 aromatic rings. The number of aliphatic imine (C=N–C) groups is 2. The minimum absolute atomic E-state index is 0.338. The van der Waals surface area contributed by atoms with Gasteiger partial charge in [-0.05, 0) is 43.7 Å². The number of aromatic nitrogens is 5. The Bertz CT molecular complexity index is 1190. The summed E-state index contributed by atoms with van der Waals surface area (Å²) in [7, 11) is 0. The van der Waals surface area contributed by atoms with Crippen LogP contribution in [0.2, 0.25) is 0 Å². The molecule has 4 heterocycles. The number of pyridine rings is 1. The lowest BCUT2D eigenvalue weighted by Gasteiger charge is -2.07. The van der Waals surface area contributed by atoms with Gasteiger partial charge in [-0.25, -0.2) is 4.99 Å². The highest BCUT2D eigenvalue weighted by atomic mass is 15.3. The van der Waals surface area contributed by atoms with E-state index >= 15 is 0 Å². The van der Waals surface area contributed by atoms with Gasteiger partial charge in [0.05, 0.1) is 24.0 Å². The van der Waals surface area contributed by atoms with E-state index in [1.165, 1.54) is 0 Å². The molecule has 3 aromatic heterocycles. The maximum absolute atomic E-state index is 4.75. The van der Waals surface area contributed by atoms with Crippen LogP contribution in [0.25, 0.3) is 16.6 Å². The van der Waals surface area contributed by atoms with Gasteiger partial charge in [0, 0.05) is 23.2 Å². The first kappa shape index (κ1) is 14.9. The predicted molar refractivity (Wildman–Crippen MR) is 101 cm³/mol. The lowest BCUT2D eigenvalue weighted by Crippen LogP contribution is -2.04. The van der Waals surface area contributed by atoms with Crippen molar-refractivity contribution in [3.8, 4) is 0 Å². The Labute approximate surface area is 149 Å². The second kappa shape index (κ2) is 5.59. The minimum Gasteiger partial charge on any atom is -0.288 e. The van der Waals surface area contributed by atoms with E-state index in [0.29, 0.717) is 12.6 Å². The average molecular weight is 343 g/mol. The molecule has 0 radical (unpaired) electrons. The Morgan fingerprint density at radius 1 is 1.08 bits per heavy atom. The summed E-state index contributed by atoms with van der Waals surface area (Å²) >= 11 is 0. The fourth-order valence-electron chi connectivity index (χ4n) is 3.26. The molecular formula is C19H17N7. The van der Waals surface area contributed by atoms with Gasteiger partial charge < -0.3 is 0 Å². The number of rotatable bonds is 3. The third-order valence-electron chi connectivity index (χ3n) is 4.59. The average Bonchev–Trinajstić information content (AvgIpc) is 3.38. The van der Waals surface area contributed by atoms with E-state index in [4.69, 9.17) is 4.99 Å². The van der Waals surface area contributed by atoms with Crippen LogP contribution in [0.5, 0.6) is 0 Å². The molecule has 26 heavy (non-hydrogen) atoms. The molecule has 1 aliphatic heterocycles. The quantitative estimate of drug-likeness (QED) is 0.574. The summed E-state index contributed by atoms with van der Waals surface area (Å²) in [5.74, 6) is 0.744. The normalized spacial score (nSPS) is 14.4. The smallest absolute Gasteiger partial charge is 0.160 e. The number of nitrogens with zero attached hydrogens (tertiary/aromatic N) is 7. The van der Waals surface area contributed by atoms with Crippen molar-refractivity contribution in [3.05, 3.63) is 60.2 Å². The monoisotopic (exact) mass is 343 g/mol. The summed E-state index contributed by atoms with van der Waals surface area (Å²) in [5, 5.41) is 13.5. The number of hydrogen-bond acceptors (Lipinski definition) is 5. The molecule has 0 amide bonds. The van der Waals surface area contributed by atoms with E-state index < -0.39 is 0 Å². The zero-order chi connectivity index (χ0) is 17.7. The van der Waals surface area contributed by atoms with Crippen LogP contribution in [0, 0.1) is 0 Å². The molecule has 0 spiro atoms. The fraction of sp³-hybridized carbons (Fsp3) is 0.211. The topological polar surface area (TPSA) is 72.7 Å². The molecule has 0 fully saturated rings. The second-order valence-electron chi connectivity index (χ2n) is 6.67. The lowest BCUT2D eigenvalue weighted by atomic mass is 10.1. The summed E-state index contributed by atoms with van der Waals surface area (Å²) in [5.41, 5.74) is 4.97. The van der Waals surface area contributed by atoms with Crippen molar-refractivity contribution in [1.29, 1.82) is 0 Å². The zero-order valence-corrected chi connectivity index (χ0v) is 14.5. The van der Waals surface area contributed by atoms with E-state index in [1.54, 1.807) is 6.33 Å². The van der Waals surface area contributed by atoms with Crippen molar-refractivity contribution in [2.45, 2.75) is 19.9 Å². The zero-order valence-electron chi connectivity index (χ0n) is 14.5. The van der Waals surface area contributed by atoms with Crippen LogP contribution in [0.15, 0.2) is 59.0 Å². The van der Waals surface area contributed by atoms with E-state index in [9.17, 15) is 0 Å². The van der Waals surface area contributed by atoms with Gasteiger partial charge in [0.2, 0.25) is 0 Å². The summed E-state index contributed by atoms with van der Waals surface area (Å²) in [4.78, 5) is 9.36. The van der Waals surface area contributed by atoms with Crippen LogP contribution in [0.1, 0.15) is 31.0 Å². The van der Waals surface area contributed by atoms with Gasteiger partial charge in [0.1, 0.15) is 6.33 Å². The van der Waals surface area contributed by atoms with Crippen molar-refractivity contribution in [2.24, 2.45) is 9.98 Å². The van der Waals surface area contributed by atoms with Crippen molar-refractivity contribution in [3.63, 3.8) is 0 Å². The van der Waals surface area contributed by atoms with E-state index in [-0.39, 0.29) is 0 Å². The van der Waals surface area contributed by atoms with Gasteiger partial charge in [0.15, 0.2) is 11.5 Å². The SMILES string of the molecule is CC(C)n1ncc2cc(C3=NC(c4ccc5nncn5c4)=NC3)ccc21. The van der Waals surface area contributed by atoms with Crippen molar-refractivity contribution in [2.75, 3.05) is 6.54 Å². The standard InChI is InChI=1S/C19H17N7/c1-12(2)26-17-5-3-13(7-15(17)8-22-26)16-9-20-19(23-16)14-4-6-18-24-21-11-25(18)10-14/h3-8,10-12H,9H2,1-2H3. The largest absolute Gasteiger partial charge is 0.288 e. The highest BCUT2D eigenvalue weighted by Crippen LogP contribution is 2.21. The molecule has 0 N–H and O–H groups in total. The Kier molecular flexibility index (Phi) is 3.21. The molecule has 1 aromatic carbocycles. The van der Waals surface area contributed by atoms with Gasteiger partial charge in [-0.15, -0.1) is 10.2 Å². The third-order valence-corrected chi connectivity index (χ3v) is 4.59. The van der Waals surface area contributed by atoms with Gasteiger partial charge in [-0.2, -0.15) is 5.10 Å². The van der Waals surface area contributed by atoms with Crippen LogP contribution in [0.4, 0.5) is 0 Å². The lowest BCUT2D eigenvalue weighted by molar-refractivity contribution is 0.551. The van der Waals surface area contributed by atoms with Crippen LogP contribution >= 0.6 is 0 Å². The number of fused-ring (bicyclic) bond motifs is 2. The first-order valence-electron chi connectivity index (χ1n) is 8.58. The van der Waals surface area contributed by atoms with Gasteiger partial charge in [-0.3, -0.25) is 14.1 Å². The van der Waals surface area contributed by atoms with E-state index in [1.807, 2.05) is 33.6 Å². The number of benzene rings is 1. The Hall–Kier alpha value is -3.35. The molecule has 0 unspecified atom stereocenters. The van der Waals surface area contributed by atoms with E-state index in [2.05, 4.69) is 52.3 Å². The highest BCUT2D eigenvalue weighted by Gasteiger charge is 2.16.